The van der Waals surface area contributed by atoms with Gasteiger partial charge < -0.3 is 10.2 Å². The highest BCUT2D eigenvalue weighted by Crippen LogP contribution is 2.28. The third-order valence-corrected chi connectivity index (χ3v) is 7.73. The van der Waals surface area contributed by atoms with E-state index in [4.69, 9.17) is 11.6 Å². The molecule has 0 aromatic heterocycles. The molecule has 0 aliphatic rings. The van der Waals surface area contributed by atoms with Gasteiger partial charge in [0.2, 0.25) is 21.8 Å². The molecule has 7 nitrogen and oxygen atoms in total. The summed E-state index contributed by atoms with van der Waals surface area (Å²) in [6.07, 6.45) is 4.03. The standard InChI is InChI=1S/C27H38ClN3O4S/c1-5-6-18-29-27(33)22(3)30(20-17-23-12-8-7-9-13-23)26(32)16-11-19-31(36(4,34)35)25-15-10-14-24(28)21(25)2/h7-10,12-15,22H,5-6,11,16-20H2,1-4H3,(H,29,33)/t22-/m1/s1. The number of anilines is 1. The minimum Gasteiger partial charge on any atom is -0.354 e. The number of carbonyl (C=O) groups is 2. The van der Waals surface area contributed by atoms with Crippen LogP contribution in [0.1, 0.15) is 50.7 Å². The number of rotatable bonds is 14. The maximum atomic E-state index is 13.3. The van der Waals surface area contributed by atoms with E-state index in [-0.39, 0.29) is 24.8 Å². The number of amides is 2. The van der Waals surface area contributed by atoms with Gasteiger partial charge in [0.15, 0.2) is 0 Å². The molecule has 1 atom stereocenters. The van der Waals surface area contributed by atoms with Gasteiger partial charge in [0.05, 0.1) is 11.9 Å². The van der Waals surface area contributed by atoms with Gasteiger partial charge in [0.1, 0.15) is 6.04 Å². The van der Waals surface area contributed by atoms with Crippen LogP contribution in [0.5, 0.6) is 0 Å². The van der Waals surface area contributed by atoms with Crippen LogP contribution in [0.3, 0.4) is 0 Å². The molecule has 0 heterocycles. The lowest BCUT2D eigenvalue weighted by Crippen LogP contribution is -2.49. The number of unbranched alkanes of at least 4 members (excludes halogenated alkanes) is 1. The molecule has 0 unspecified atom stereocenters. The summed E-state index contributed by atoms with van der Waals surface area (Å²) in [4.78, 5) is 27.6. The predicted molar refractivity (Wildman–Crippen MR) is 147 cm³/mol. The molecule has 9 heteroatoms. The largest absolute Gasteiger partial charge is 0.354 e. The Morgan fingerprint density at radius 2 is 1.72 bits per heavy atom. The number of carbonyl (C=O) groups excluding carboxylic acids is 2. The molecule has 198 valence electrons. The van der Waals surface area contributed by atoms with E-state index in [0.717, 1.165) is 24.7 Å². The van der Waals surface area contributed by atoms with Gasteiger partial charge in [-0.3, -0.25) is 13.9 Å². The summed E-state index contributed by atoms with van der Waals surface area (Å²) in [7, 11) is -3.58. The summed E-state index contributed by atoms with van der Waals surface area (Å²) >= 11 is 6.21. The molecular weight excluding hydrogens is 498 g/mol. The number of nitrogens with one attached hydrogen (secondary N) is 1. The van der Waals surface area contributed by atoms with E-state index >= 15 is 0 Å². The van der Waals surface area contributed by atoms with Crippen molar-refractivity contribution < 1.29 is 18.0 Å². The molecule has 0 aliphatic carbocycles. The molecule has 2 aromatic carbocycles. The Morgan fingerprint density at radius 1 is 1.03 bits per heavy atom. The molecule has 2 amide bonds. The highest BCUT2D eigenvalue weighted by Gasteiger charge is 2.26. The topological polar surface area (TPSA) is 86.8 Å². The fourth-order valence-corrected chi connectivity index (χ4v) is 5.14. The van der Waals surface area contributed by atoms with Crippen LogP contribution in [0.4, 0.5) is 5.69 Å². The quantitative estimate of drug-likeness (QED) is 0.359. The summed E-state index contributed by atoms with van der Waals surface area (Å²) in [5.41, 5.74) is 2.24. The molecular formula is C27H38ClN3O4S. The summed E-state index contributed by atoms with van der Waals surface area (Å²) in [5, 5.41) is 3.39. The Hall–Kier alpha value is -2.58. The molecule has 36 heavy (non-hydrogen) atoms. The normalized spacial score (nSPS) is 12.1. The molecule has 0 saturated carbocycles. The molecule has 0 radical (unpaired) electrons. The van der Waals surface area contributed by atoms with Crippen LogP contribution in [0.25, 0.3) is 0 Å². The van der Waals surface area contributed by atoms with E-state index < -0.39 is 16.1 Å². The van der Waals surface area contributed by atoms with Gasteiger partial charge in [-0.25, -0.2) is 8.42 Å². The Labute approximate surface area is 220 Å². The molecule has 0 fully saturated rings. The smallest absolute Gasteiger partial charge is 0.242 e. The first-order chi connectivity index (χ1) is 17.1. The Morgan fingerprint density at radius 3 is 2.36 bits per heavy atom. The molecule has 0 aliphatic heterocycles. The van der Waals surface area contributed by atoms with E-state index in [0.29, 0.717) is 42.2 Å². The van der Waals surface area contributed by atoms with Crippen LogP contribution in [0.2, 0.25) is 5.02 Å². The lowest BCUT2D eigenvalue weighted by molar-refractivity contribution is -0.139. The third-order valence-electron chi connectivity index (χ3n) is 6.14. The third kappa shape index (κ3) is 8.82. The lowest BCUT2D eigenvalue weighted by atomic mass is 10.1. The van der Waals surface area contributed by atoms with Gasteiger partial charge >= 0.3 is 0 Å². The monoisotopic (exact) mass is 535 g/mol. The first-order valence-corrected chi connectivity index (χ1v) is 14.6. The molecule has 0 saturated heterocycles. The zero-order valence-corrected chi connectivity index (χ0v) is 23.2. The van der Waals surface area contributed by atoms with E-state index in [1.54, 1.807) is 36.9 Å². The minimum atomic E-state index is -3.58. The maximum absolute atomic E-state index is 13.3. The predicted octanol–water partition coefficient (Wildman–Crippen LogP) is 4.57. The van der Waals surface area contributed by atoms with Crippen molar-refractivity contribution in [2.24, 2.45) is 0 Å². The summed E-state index contributed by atoms with van der Waals surface area (Å²) in [5.74, 6) is -0.363. The molecule has 2 rings (SSSR count). The maximum Gasteiger partial charge on any atom is 0.242 e. The van der Waals surface area contributed by atoms with Gasteiger partial charge in [-0.05, 0) is 56.4 Å². The second-order valence-electron chi connectivity index (χ2n) is 8.97. The van der Waals surface area contributed by atoms with Crippen molar-refractivity contribution in [1.82, 2.24) is 10.2 Å². The Balaban J connectivity index is 2.12. The number of benzene rings is 2. The van der Waals surface area contributed by atoms with Gasteiger partial charge in [0.25, 0.3) is 0 Å². The average molecular weight is 536 g/mol. The molecule has 1 N–H and O–H groups in total. The van der Waals surface area contributed by atoms with Crippen molar-refractivity contribution in [2.45, 2.75) is 58.9 Å². The first-order valence-electron chi connectivity index (χ1n) is 12.4. The van der Waals surface area contributed by atoms with E-state index in [9.17, 15) is 18.0 Å². The summed E-state index contributed by atoms with van der Waals surface area (Å²) in [6.45, 7) is 6.66. The SMILES string of the molecule is CCCCNC(=O)[C@@H](C)N(CCc1ccccc1)C(=O)CCCN(c1cccc(Cl)c1C)S(C)(=O)=O. The van der Waals surface area contributed by atoms with Crippen molar-refractivity contribution in [2.75, 3.05) is 30.2 Å². The van der Waals surface area contributed by atoms with Gasteiger partial charge in [-0.2, -0.15) is 0 Å². The van der Waals surface area contributed by atoms with Crippen LogP contribution in [0, 0.1) is 6.92 Å². The molecule has 0 spiro atoms. The van der Waals surface area contributed by atoms with Crippen molar-refractivity contribution in [3.8, 4) is 0 Å². The van der Waals surface area contributed by atoms with Crippen molar-refractivity contribution in [3.05, 3.63) is 64.7 Å². The lowest BCUT2D eigenvalue weighted by Gasteiger charge is -2.29. The Kier molecular flexibility index (Phi) is 11.7. The highest BCUT2D eigenvalue weighted by atomic mass is 35.5. The Bertz CT molecular complexity index is 1110. The zero-order valence-electron chi connectivity index (χ0n) is 21.7. The van der Waals surface area contributed by atoms with Crippen LogP contribution in [-0.4, -0.2) is 57.1 Å². The van der Waals surface area contributed by atoms with Crippen molar-refractivity contribution >= 4 is 39.1 Å². The highest BCUT2D eigenvalue weighted by molar-refractivity contribution is 7.92. The number of nitrogens with zero attached hydrogens (tertiary/aromatic N) is 2. The van der Waals surface area contributed by atoms with Crippen LogP contribution in [-0.2, 0) is 26.0 Å². The second-order valence-corrected chi connectivity index (χ2v) is 11.3. The van der Waals surface area contributed by atoms with Crippen LogP contribution >= 0.6 is 11.6 Å². The second kappa shape index (κ2) is 14.2. The first kappa shape index (κ1) is 29.6. The van der Waals surface area contributed by atoms with E-state index in [1.807, 2.05) is 30.3 Å². The number of hydrogen-bond donors (Lipinski definition) is 1. The minimum absolute atomic E-state index is 0.118. The van der Waals surface area contributed by atoms with Gasteiger partial charge in [-0.15, -0.1) is 0 Å². The number of hydrogen-bond acceptors (Lipinski definition) is 4. The summed E-state index contributed by atoms with van der Waals surface area (Å²) < 4.78 is 26.3. The fraction of sp³-hybridized carbons (Fsp3) is 0.481. The number of halogens is 1. The van der Waals surface area contributed by atoms with Crippen LogP contribution < -0.4 is 9.62 Å². The fourth-order valence-electron chi connectivity index (χ4n) is 3.95. The van der Waals surface area contributed by atoms with Gasteiger partial charge in [-0.1, -0.05) is 61.3 Å². The molecule has 2 aromatic rings. The van der Waals surface area contributed by atoms with Crippen molar-refractivity contribution in [1.29, 1.82) is 0 Å². The van der Waals surface area contributed by atoms with Crippen LogP contribution in [0.15, 0.2) is 48.5 Å². The average Bonchev–Trinajstić information content (AvgIpc) is 2.84. The van der Waals surface area contributed by atoms with E-state index in [2.05, 4.69) is 12.2 Å². The zero-order chi connectivity index (χ0) is 26.7. The number of sulfonamides is 1. The van der Waals surface area contributed by atoms with Gasteiger partial charge in [0, 0.05) is 31.1 Å². The van der Waals surface area contributed by atoms with Crippen molar-refractivity contribution in [3.63, 3.8) is 0 Å². The van der Waals surface area contributed by atoms with E-state index in [1.165, 1.54) is 4.31 Å². The molecule has 0 bridgehead atoms. The summed E-state index contributed by atoms with van der Waals surface area (Å²) in [6, 6.07) is 14.3.